The smallest absolute Gasteiger partial charge is 0.329 e. The fourth-order valence-corrected chi connectivity index (χ4v) is 1.91. The Morgan fingerprint density at radius 2 is 1.73 bits per heavy atom. The molecular formula is C17H16F2N2O5. The van der Waals surface area contributed by atoms with Crippen molar-refractivity contribution in [2.45, 2.75) is 26.0 Å². The molecule has 9 heteroatoms. The number of hydrogen-bond donors (Lipinski definition) is 2. The lowest BCUT2D eigenvalue weighted by Gasteiger charge is -2.17. The molecule has 2 amide bonds. The summed E-state index contributed by atoms with van der Waals surface area (Å²) < 4.78 is 36.8. The van der Waals surface area contributed by atoms with Gasteiger partial charge in [0.2, 0.25) is 0 Å². The number of rotatable bonds is 6. The molecule has 2 rings (SSSR count). The van der Waals surface area contributed by atoms with Crippen LogP contribution in [0, 0.1) is 11.6 Å². The van der Waals surface area contributed by atoms with E-state index in [4.69, 9.17) is 9.15 Å². The minimum Gasteiger partial charge on any atom is -0.459 e. The molecule has 0 aliphatic carbocycles. The first-order valence-electron chi connectivity index (χ1n) is 7.59. The molecule has 0 bridgehead atoms. The lowest BCUT2D eigenvalue weighted by Crippen LogP contribution is -2.42. The van der Waals surface area contributed by atoms with Gasteiger partial charge in [-0.15, -0.1) is 0 Å². The van der Waals surface area contributed by atoms with Crippen LogP contribution in [0.4, 0.5) is 14.5 Å². The molecule has 0 saturated heterocycles. The molecule has 2 aromatic rings. The molecule has 2 N–H and O–H groups in total. The Balaban J connectivity index is 1.91. The quantitative estimate of drug-likeness (QED) is 0.764. The van der Waals surface area contributed by atoms with Gasteiger partial charge >= 0.3 is 5.97 Å². The van der Waals surface area contributed by atoms with Gasteiger partial charge in [0, 0.05) is 0 Å². The number of esters is 1. The van der Waals surface area contributed by atoms with Crippen LogP contribution in [-0.2, 0) is 14.3 Å². The third-order valence-corrected chi connectivity index (χ3v) is 3.32. The first-order valence-corrected chi connectivity index (χ1v) is 7.59. The number of carbonyl (C=O) groups is 3. The normalized spacial score (nSPS) is 12.8. The highest BCUT2D eigenvalue weighted by Gasteiger charge is 2.25. The highest BCUT2D eigenvalue weighted by molar-refractivity contribution is 5.97. The zero-order valence-corrected chi connectivity index (χ0v) is 13.9. The van der Waals surface area contributed by atoms with Crippen molar-refractivity contribution >= 4 is 23.5 Å². The number of nitrogens with one attached hydrogen (secondary N) is 2. The molecule has 138 valence electrons. The predicted molar refractivity (Wildman–Crippen MR) is 86.2 cm³/mol. The van der Waals surface area contributed by atoms with Gasteiger partial charge in [-0.25, -0.2) is 13.6 Å². The van der Waals surface area contributed by atoms with Gasteiger partial charge in [-0.2, -0.15) is 0 Å². The molecule has 7 nitrogen and oxygen atoms in total. The summed E-state index contributed by atoms with van der Waals surface area (Å²) in [6.07, 6.45) is -0.0453. The summed E-state index contributed by atoms with van der Waals surface area (Å²) in [5.41, 5.74) is -0.639. The van der Waals surface area contributed by atoms with Gasteiger partial charge in [0.05, 0.1) is 6.26 Å². The molecule has 0 unspecified atom stereocenters. The second-order valence-electron chi connectivity index (χ2n) is 5.34. The maximum Gasteiger partial charge on any atom is 0.329 e. The molecule has 0 fully saturated rings. The minimum absolute atomic E-state index is 0.00506. The van der Waals surface area contributed by atoms with E-state index in [1.807, 2.05) is 5.32 Å². The zero-order chi connectivity index (χ0) is 19.3. The fourth-order valence-electron chi connectivity index (χ4n) is 1.91. The average Bonchev–Trinajstić information content (AvgIpc) is 3.12. The van der Waals surface area contributed by atoms with Gasteiger partial charge in [-0.3, -0.25) is 9.59 Å². The van der Waals surface area contributed by atoms with E-state index in [-0.39, 0.29) is 5.76 Å². The van der Waals surface area contributed by atoms with Crippen molar-refractivity contribution in [3.63, 3.8) is 0 Å². The number of furan rings is 1. The fraction of sp³-hybridized carbons (Fsp3) is 0.235. The van der Waals surface area contributed by atoms with Crippen LogP contribution in [0.25, 0.3) is 0 Å². The summed E-state index contributed by atoms with van der Waals surface area (Å²) in [6, 6.07) is 4.93. The molecule has 0 spiro atoms. The Labute approximate surface area is 147 Å². The topological polar surface area (TPSA) is 97.6 Å². The van der Waals surface area contributed by atoms with Gasteiger partial charge in [-0.05, 0) is 38.1 Å². The van der Waals surface area contributed by atoms with Gasteiger partial charge in [-0.1, -0.05) is 6.07 Å². The number of carbonyl (C=O) groups excluding carboxylic acids is 3. The molecule has 1 aromatic heterocycles. The standard InChI is InChI=1S/C17H16F2N2O5/c1-9(20-16(23)13-7-4-8-25-13)17(24)26-10(2)15(22)21-14-11(18)5-3-6-12(14)19/h3-10H,1-2H3,(H,20,23)(H,21,22)/t9-,10-/m1/s1. The highest BCUT2D eigenvalue weighted by atomic mass is 19.1. The van der Waals surface area contributed by atoms with Crippen molar-refractivity contribution in [1.82, 2.24) is 5.32 Å². The lowest BCUT2D eigenvalue weighted by molar-refractivity contribution is -0.154. The van der Waals surface area contributed by atoms with E-state index in [2.05, 4.69) is 5.32 Å². The summed E-state index contributed by atoms with van der Waals surface area (Å²) in [7, 11) is 0. The second kappa shape index (κ2) is 8.24. The summed E-state index contributed by atoms with van der Waals surface area (Å²) in [5, 5.41) is 4.35. The summed E-state index contributed by atoms with van der Waals surface area (Å²) >= 11 is 0. The van der Waals surface area contributed by atoms with E-state index in [1.54, 1.807) is 0 Å². The second-order valence-corrected chi connectivity index (χ2v) is 5.34. The first kappa shape index (κ1) is 19.1. The van der Waals surface area contributed by atoms with E-state index in [9.17, 15) is 23.2 Å². The van der Waals surface area contributed by atoms with E-state index < -0.39 is 47.3 Å². The van der Waals surface area contributed by atoms with Gasteiger partial charge in [0.1, 0.15) is 23.4 Å². The van der Waals surface area contributed by atoms with Crippen molar-refractivity contribution in [3.8, 4) is 0 Å². The van der Waals surface area contributed by atoms with Crippen molar-refractivity contribution in [2.24, 2.45) is 0 Å². The largest absolute Gasteiger partial charge is 0.459 e. The van der Waals surface area contributed by atoms with Crippen LogP contribution in [0.1, 0.15) is 24.4 Å². The monoisotopic (exact) mass is 366 g/mol. The predicted octanol–water partition coefficient (Wildman–Crippen LogP) is 2.25. The zero-order valence-electron chi connectivity index (χ0n) is 13.9. The maximum atomic E-state index is 13.5. The van der Waals surface area contributed by atoms with Gasteiger partial charge in [0.25, 0.3) is 11.8 Å². The third kappa shape index (κ3) is 4.65. The molecule has 0 saturated carbocycles. The third-order valence-electron chi connectivity index (χ3n) is 3.32. The summed E-state index contributed by atoms with van der Waals surface area (Å²) in [6.45, 7) is 2.58. The van der Waals surface area contributed by atoms with Crippen LogP contribution in [0.5, 0.6) is 0 Å². The van der Waals surface area contributed by atoms with Crippen LogP contribution in [0.15, 0.2) is 41.0 Å². The van der Waals surface area contributed by atoms with Gasteiger partial charge < -0.3 is 19.8 Å². The van der Waals surface area contributed by atoms with Crippen LogP contribution in [-0.4, -0.2) is 29.9 Å². The molecule has 2 atom stereocenters. The number of hydrogen-bond acceptors (Lipinski definition) is 5. The molecule has 0 aliphatic heterocycles. The molecule has 26 heavy (non-hydrogen) atoms. The number of anilines is 1. The number of benzene rings is 1. The van der Waals surface area contributed by atoms with Crippen molar-refractivity contribution in [1.29, 1.82) is 0 Å². The molecule has 0 aliphatic rings. The average molecular weight is 366 g/mol. The van der Waals surface area contributed by atoms with E-state index in [0.29, 0.717) is 0 Å². The number of amides is 2. The highest BCUT2D eigenvalue weighted by Crippen LogP contribution is 2.18. The van der Waals surface area contributed by atoms with Crippen molar-refractivity contribution < 1.29 is 32.3 Å². The number of ether oxygens (including phenoxy) is 1. The van der Waals surface area contributed by atoms with Crippen LogP contribution >= 0.6 is 0 Å². The number of halogens is 2. The Kier molecular flexibility index (Phi) is 6.05. The Bertz CT molecular complexity index is 787. The van der Waals surface area contributed by atoms with Crippen molar-refractivity contribution in [3.05, 3.63) is 54.0 Å². The lowest BCUT2D eigenvalue weighted by atomic mass is 10.2. The van der Waals surface area contributed by atoms with Crippen LogP contribution in [0.3, 0.4) is 0 Å². The van der Waals surface area contributed by atoms with E-state index in [1.165, 1.54) is 32.2 Å². The Morgan fingerprint density at radius 3 is 2.31 bits per heavy atom. The minimum atomic E-state index is -1.34. The molecule has 1 aromatic carbocycles. The molecule has 1 heterocycles. The van der Waals surface area contributed by atoms with E-state index in [0.717, 1.165) is 18.2 Å². The summed E-state index contributed by atoms with van der Waals surface area (Å²) in [4.78, 5) is 35.7. The van der Waals surface area contributed by atoms with Crippen LogP contribution in [0.2, 0.25) is 0 Å². The molecular weight excluding hydrogens is 350 g/mol. The van der Waals surface area contributed by atoms with E-state index >= 15 is 0 Å². The number of para-hydroxylation sites is 1. The Hall–Kier alpha value is -3.23. The Morgan fingerprint density at radius 1 is 1.08 bits per heavy atom. The SMILES string of the molecule is C[C@@H](NC(=O)c1ccco1)C(=O)O[C@H](C)C(=O)Nc1c(F)cccc1F. The maximum absolute atomic E-state index is 13.5. The van der Waals surface area contributed by atoms with Crippen LogP contribution < -0.4 is 10.6 Å². The summed E-state index contributed by atoms with van der Waals surface area (Å²) in [5.74, 6) is -4.38. The first-order chi connectivity index (χ1) is 12.3. The molecule has 0 radical (unpaired) electrons. The van der Waals surface area contributed by atoms with Crippen molar-refractivity contribution in [2.75, 3.05) is 5.32 Å². The van der Waals surface area contributed by atoms with Gasteiger partial charge in [0.15, 0.2) is 11.9 Å².